The van der Waals surface area contributed by atoms with Gasteiger partial charge in [-0.3, -0.25) is 4.79 Å². The Balaban J connectivity index is 1.51. The molecule has 0 unspecified atom stereocenters. The molecule has 1 N–H and O–H groups in total. The summed E-state index contributed by atoms with van der Waals surface area (Å²) in [7, 11) is 0. The standard InChI is InChI=1S/C21H14FN3O2/c22-17-7-4-8-18(13-17)23-20(26)15-9-11-16(12-10-15)21-24-19(25-27-21)14-5-2-1-3-6-14/h1-13H,(H,23,26). The molecule has 132 valence electrons. The van der Waals surface area contributed by atoms with Gasteiger partial charge in [0.05, 0.1) is 0 Å². The molecule has 3 aromatic carbocycles. The SMILES string of the molecule is O=C(Nc1cccc(F)c1)c1ccc(-c2nc(-c3ccccc3)no2)cc1. The van der Waals surface area contributed by atoms with Gasteiger partial charge in [0, 0.05) is 22.4 Å². The topological polar surface area (TPSA) is 68.0 Å². The number of rotatable bonds is 4. The predicted octanol–water partition coefficient (Wildman–Crippen LogP) is 4.80. The Kier molecular flexibility index (Phi) is 4.45. The van der Waals surface area contributed by atoms with Crippen molar-refractivity contribution in [2.24, 2.45) is 0 Å². The van der Waals surface area contributed by atoms with Crippen molar-refractivity contribution in [2.75, 3.05) is 5.32 Å². The summed E-state index contributed by atoms with van der Waals surface area (Å²) in [6.45, 7) is 0. The fraction of sp³-hybridized carbons (Fsp3) is 0. The lowest BCUT2D eigenvalue weighted by atomic mass is 10.1. The number of hydrogen-bond acceptors (Lipinski definition) is 4. The van der Waals surface area contributed by atoms with E-state index >= 15 is 0 Å². The first-order chi connectivity index (χ1) is 13.2. The van der Waals surface area contributed by atoms with Crippen LogP contribution in [0, 0.1) is 5.82 Å². The molecule has 1 amide bonds. The second-order valence-corrected chi connectivity index (χ2v) is 5.83. The molecular weight excluding hydrogens is 345 g/mol. The molecule has 0 atom stereocenters. The minimum Gasteiger partial charge on any atom is -0.334 e. The van der Waals surface area contributed by atoms with Gasteiger partial charge in [-0.05, 0) is 42.5 Å². The normalized spacial score (nSPS) is 10.6. The van der Waals surface area contributed by atoms with E-state index in [0.717, 1.165) is 5.56 Å². The maximum atomic E-state index is 13.2. The summed E-state index contributed by atoms with van der Waals surface area (Å²) in [6.07, 6.45) is 0. The zero-order chi connectivity index (χ0) is 18.6. The lowest BCUT2D eigenvalue weighted by Gasteiger charge is -2.05. The van der Waals surface area contributed by atoms with Crippen LogP contribution < -0.4 is 5.32 Å². The van der Waals surface area contributed by atoms with Crippen molar-refractivity contribution in [1.29, 1.82) is 0 Å². The maximum Gasteiger partial charge on any atom is 0.258 e. The van der Waals surface area contributed by atoms with Gasteiger partial charge in [-0.15, -0.1) is 0 Å². The number of carbonyl (C=O) groups excluding carboxylic acids is 1. The van der Waals surface area contributed by atoms with Gasteiger partial charge in [0.15, 0.2) is 0 Å². The highest BCUT2D eigenvalue weighted by Crippen LogP contribution is 2.22. The monoisotopic (exact) mass is 359 g/mol. The van der Waals surface area contributed by atoms with E-state index in [1.165, 1.54) is 18.2 Å². The van der Waals surface area contributed by atoms with Crippen molar-refractivity contribution in [2.45, 2.75) is 0 Å². The summed E-state index contributed by atoms with van der Waals surface area (Å²) in [5.41, 5.74) is 2.39. The largest absolute Gasteiger partial charge is 0.334 e. The van der Waals surface area contributed by atoms with E-state index in [0.29, 0.717) is 28.5 Å². The Morgan fingerprint density at radius 3 is 2.41 bits per heavy atom. The number of amides is 1. The molecule has 5 nitrogen and oxygen atoms in total. The fourth-order valence-corrected chi connectivity index (χ4v) is 2.58. The van der Waals surface area contributed by atoms with Crippen molar-refractivity contribution < 1.29 is 13.7 Å². The van der Waals surface area contributed by atoms with E-state index in [4.69, 9.17) is 4.52 Å². The molecule has 0 radical (unpaired) electrons. The molecule has 0 fully saturated rings. The number of carbonyl (C=O) groups is 1. The Morgan fingerprint density at radius 1 is 0.889 bits per heavy atom. The summed E-state index contributed by atoms with van der Waals surface area (Å²) < 4.78 is 18.5. The van der Waals surface area contributed by atoms with Crippen molar-refractivity contribution in [3.05, 3.63) is 90.2 Å². The van der Waals surface area contributed by atoms with Crippen molar-refractivity contribution >= 4 is 11.6 Å². The molecule has 0 bridgehead atoms. The molecule has 6 heteroatoms. The van der Waals surface area contributed by atoms with Gasteiger partial charge in [-0.1, -0.05) is 41.6 Å². The lowest BCUT2D eigenvalue weighted by Crippen LogP contribution is -2.11. The van der Waals surface area contributed by atoms with Crippen LogP contribution in [0.25, 0.3) is 22.8 Å². The zero-order valence-corrected chi connectivity index (χ0v) is 14.1. The molecule has 0 saturated heterocycles. The second kappa shape index (κ2) is 7.21. The third-order valence-corrected chi connectivity index (χ3v) is 3.93. The van der Waals surface area contributed by atoms with Crippen LogP contribution in [0.3, 0.4) is 0 Å². The summed E-state index contributed by atoms with van der Waals surface area (Å²) in [5.74, 6) is 0.126. The van der Waals surface area contributed by atoms with Gasteiger partial charge in [0.1, 0.15) is 5.82 Å². The number of nitrogens with zero attached hydrogens (tertiary/aromatic N) is 2. The number of anilines is 1. The third-order valence-electron chi connectivity index (χ3n) is 3.93. The first-order valence-electron chi connectivity index (χ1n) is 8.25. The van der Waals surface area contributed by atoms with Gasteiger partial charge in [-0.2, -0.15) is 4.98 Å². The highest BCUT2D eigenvalue weighted by atomic mass is 19.1. The summed E-state index contributed by atoms with van der Waals surface area (Å²) in [5, 5.41) is 6.64. The van der Waals surface area contributed by atoms with Gasteiger partial charge < -0.3 is 9.84 Å². The molecule has 0 aliphatic rings. The van der Waals surface area contributed by atoms with Crippen LogP contribution in [0.5, 0.6) is 0 Å². The Morgan fingerprint density at radius 2 is 1.67 bits per heavy atom. The smallest absolute Gasteiger partial charge is 0.258 e. The predicted molar refractivity (Wildman–Crippen MR) is 99.5 cm³/mol. The van der Waals surface area contributed by atoms with E-state index < -0.39 is 5.82 Å². The molecule has 0 aliphatic carbocycles. The Bertz CT molecular complexity index is 1080. The second-order valence-electron chi connectivity index (χ2n) is 5.83. The van der Waals surface area contributed by atoms with Gasteiger partial charge in [0.2, 0.25) is 5.82 Å². The molecule has 0 saturated carbocycles. The molecule has 0 aliphatic heterocycles. The minimum atomic E-state index is -0.409. The quantitative estimate of drug-likeness (QED) is 0.568. The highest BCUT2D eigenvalue weighted by molar-refractivity contribution is 6.04. The molecular formula is C21H14FN3O2. The highest BCUT2D eigenvalue weighted by Gasteiger charge is 2.12. The molecule has 0 spiro atoms. The Labute approximate surface area is 154 Å². The maximum absolute atomic E-state index is 13.2. The first-order valence-corrected chi connectivity index (χ1v) is 8.25. The van der Waals surface area contributed by atoms with Crippen LogP contribution in [-0.2, 0) is 0 Å². The van der Waals surface area contributed by atoms with Gasteiger partial charge >= 0.3 is 0 Å². The van der Waals surface area contributed by atoms with Crippen LogP contribution in [0.2, 0.25) is 0 Å². The Hall–Kier alpha value is -3.80. The van der Waals surface area contributed by atoms with Crippen LogP contribution >= 0.6 is 0 Å². The van der Waals surface area contributed by atoms with Crippen molar-refractivity contribution in [3.63, 3.8) is 0 Å². The fourth-order valence-electron chi connectivity index (χ4n) is 2.58. The van der Waals surface area contributed by atoms with Crippen LogP contribution in [0.1, 0.15) is 10.4 Å². The summed E-state index contributed by atoms with van der Waals surface area (Å²) in [4.78, 5) is 16.7. The summed E-state index contributed by atoms with van der Waals surface area (Å²) in [6, 6.07) is 22.0. The zero-order valence-electron chi connectivity index (χ0n) is 14.1. The minimum absolute atomic E-state index is 0.331. The van der Waals surface area contributed by atoms with E-state index in [2.05, 4.69) is 15.5 Å². The molecule has 27 heavy (non-hydrogen) atoms. The molecule has 4 aromatic rings. The lowest BCUT2D eigenvalue weighted by molar-refractivity contribution is 0.102. The number of hydrogen-bond donors (Lipinski definition) is 1. The third kappa shape index (κ3) is 3.74. The van der Waals surface area contributed by atoms with Gasteiger partial charge in [-0.25, -0.2) is 4.39 Å². The molecule has 1 heterocycles. The van der Waals surface area contributed by atoms with Crippen LogP contribution in [-0.4, -0.2) is 16.0 Å². The number of nitrogens with one attached hydrogen (secondary N) is 1. The molecule has 1 aromatic heterocycles. The average Bonchev–Trinajstić information content (AvgIpc) is 3.19. The molecule has 4 rings (SSSR count). The van der Waals surface area contributed by atoms with Gasteiger partial charge in [0.25, 0.3) is 11.8 Å². The summed E-state index contributed by atoms with van der Waals surface area (Å²) >= 11 is 0. The van der Waals surface area contributed by atoms with Crippen molar-refractivity contribution in [3.8, 4) is 22.8 Å². The van der Waals surface area contributed by atoms with E-state index in [1.807, 2.05) is 30.3 Å². The number of halogens is 1. The van der Waals surface area contributed by atoms with Crippen LogP contribution in [0.4, 0.5) is 10.1 Å². The number of aromatic nitrogens is 2. The van der Waals surface area contributed by atoms with E-state index in [1.54, 1.807) is 30.3 Å². The van der Waals surface area contributed by atoms with E-state index in [-0.39, 0.29) is 5.91 Å². The van der Waals surface area contributed by atoms with Crippen molar-refractivity contribution in [1.82, 2.24) is 10.1 Å². The number of benzene rings is 3. The average molecular weight is 359 g/mol. The van der Waals surface area contributed by atoms with E-state index in [9.17, 15) is 9.18 Å². The van der Waals surface area contributed by atoms with Crippen LogP contribution in [0.15, 0.2) is 83.4 Å². The first kappa shape index (κ1) is 16.7.